The average molecular weight is 244 g/mol. The standard InChI is InChI=1S/C16H20O2/c1-3-5-7-8-9-10-11-12-14-16(17)18-15-13-6-4-2/h4,12,14H,2-3,5,7-9,15H2,1H3/b14-12-. The van der Waals surface area contributed by atoms with Crippen LogP contribution in [0.25, 0.3) is 0 Å². The molecule has 0 N–H and O–H groups in total. The molecule has 2 heteroatoms. The van der Waals surface area contributed by atoms with Gasteiger partial charge >= 0.3 is 5.97 Å². The number of esters is 1. The first-order valence-corrected chi connectivity index (χ1v) is 6.22. The smallest absolute Gasteiger partial charge is 0.332 e. The molecule has 0 aromatic carbocycles. The van der Waals surface area contributed by atoms with Gasteiger partial charge in [0.2, 0.25) is 0 Å². The van der Waals surface area contributed by atoms with E-state index in [2.05, 4.69) is 37.2 Å². The Morgan fingerprint density at radius 2 is 2.06 bits per heavy atom. The number of ether oxygens (including phenoxy) is 1. The Balaban J connectivity index is 3.64. The molecule has 0 fully saturated rings. The second kappa shape index (κ2) is 13.1. The third-order valence-electron chi connectivity index (χ3n) is 2.05. The van der Waals surface area contributed by atoms with Crippen LogP contribution in [0.5, 0.6) is 0 Å². The van der Waals surface area contributed by atoms with E-state index in [0.29, 0.717) is 0 Å². The molecule has 0 aliphatic carbocycles. The van der Waals surface area contributed by atoms with Crippen molar-refractivity contribution in [3.05, 3.63) is 24.8 Å². The van der Waals surface area contributed by atoms with Gasteiger partial charge in [-0.05, 0) is 18.6 Å². The molecule has 0 aromatic rings. The van der Waals surface area contributed by atoms with Crippen LogP contribution in [0.4, 0.5) is 0 Å². The fourth-order valence-electron chi connectivity index (χ4n) is 1.15. The lowest BCUT2D eigenvalue weighted by atomic mass is 10.2. The summed E-state index contributed by atoms with van der Waals surface area (Å²) in [5.74, 6) is 10.6. The van der Waals surface area contributed by atoms with Crippen molar-refractivity contribution in [1.82, 2.24) is 0 Å². The van der Waals surface area contributed by atoms with Gasteiger partial charge < -0.3 is 4.74 Å². The minimum atomic E-state index is -0.423. The van der Waals surface area contributed by atoms with Crippen molar-refractivity contribution in [2.45, 2.75) is 39.0 Å². The highest BCUT2D eigenvalue weighted by molar-refractivity contribution is 5.82. The zero-order chi connectivity index (χ0) is 13.5. The van der Waals surface area contributed by atoms with Crippen LogP contribution in [-0.4, -0.2) is 12.6 Å². The quantitative estimate of drug-likeness (QED) is 0.310. The van der Waals surface area contributed by atoms with Crippen molar-refractivity contribution in [1.29, 1.82) is 0 Å². The van der Waals surface area contributed by atoms with Gasteiger partial charge in [0, 0.05) is 12.5 Å². The number of unbranched alkanes of at least 4 members (excludes halogenated alkanes) is 4. The van der Waals surface area contributed by atoms with Crippen molar-refractivity contribution < 1.29 is 9.53 Å². The fraction of sp³-hybridized carbons (Fsp3) is 0.438. The number of carbonyl (C=O) groups excluding carboxylic acids is 1. The van der Waals surface area contributed by atoms with E-state index in [0.717, 1.165) is 12.8 Å². The molecule has 0 saturated heterocycles. The van der Waals surface area contributed by atoms with Crippen LogP contribution in [0, 0.1) is 23.7 Å². The highest BCUT2D eigenvalue weighted by Crippen LogP contribution is 2.00. The zero-order valence-corrected chi connectivity index (χ0v) is 11.0. The van der Waals surface area contributed by atoms with Gasteiger partial charge in [0.05, 0.1) is 0 Å². The Kier molecular flexibility index (Phi) is 11.7. The molecule has 0 aromatic heterocycles. The lowest BCUT2D eigenvalue weighted by molar-refractivity contribution is -0.136. The number of hydrogen-bond donors (Lipinski definition) is 0. The molecular weight excluding hydrogens is 224 g/mol. The van der Waals surface area contributed by atoms with Crippen LogP contribution < -0.4 is 0 Å². The van der Waals surface area contributed by atoms with Gasteiger partial charge in [0.1, 0.15) is 0 Å². The average Bonchev–Trinajstić information content (AvgIpc) is 2.38. The van der Waals surface area contributed by atoms with Gasteiger partial charge in [0.15, 0.2) is 6.61 Å². The topological polar surface area (TPSA) is 26.3 Å². The summed E-state index contributed by atoms with van der Waals surface area (Å²) in [5.41, 5.74) is 0. The second-order valence-electron chi connectivity index (χ2n) is 3.60. The maximum Gasteiger partial charge on any atom is 0.332 e. The van der Waals surface area contributed by atoms with E-state index in [4.69, 9.17) is 4.74 Å². The van der Waals surface area contributed by atoms with Gasteiger partial charge in [-0.2, -0.15) is 0 Å². The third-order valence-corrected chi connectivity index (χ3v) is 2.05. The molecule has 96 valence electrons. The molecule has 0 atom stereocenters. The number of hydrogen-bond acceptors (Lipinski definition) is 2. The van der Waals surface area contributed by atoms with Crippen molar-refractivity contribution in [3.63, 3.8) is 0 Å². The van der Waals surface area contributed by atoms with Gasteiger partial charge in [-0.1, -0.05) is 56.4 Å². The number of carbonyl (C=O) groups is 1. The zero-order valence-electron chi connectivity index (χ0n) is 11.0. The molecule has 0 rings (SSSR count). The van der Waals surface area contributed by atoms with E-state index in [1.54, 1.807) is 0 Å². The minimum absolute atomic E-state index is 0.0830. The number of allylic oxidation sites excluding steroid dienone is 2. The summed E-state index contributed by atoms with van der Waals surface area (Å²) in [5, 5.41) is 0. The lowest BCUT2D eigenvalue weighted by Crippen LogP contribution is -1.99. The van der Waals surface area contributed by atoms with Crippen LogP contribution in [0.15, 0.2) is 24.8 Å². The Bertz CT molecular complexity index is 383. The lowest BCUT2D eigenvalue weighted by Gasteiger charge is -1.92. The summed E-state index contributed by atoms with van der Waals surface area (Å²) in [6, 6.07) is 0. The van der Waals surface area contributed by atoms with Crippen molar-refractivity contribution in [2.24, 2.45) is 0 Å². The molecule has 0 radical (unpaired) electrons. The third kappa shape index (κ3) is 12.1. The Morgan fingerprint density at radius 3 is 2.78 bits per heavy atom. The van der Waals surface area contributed by atoms with E-state index in [9.17, 15) is 4.79 Å². The van der Waals surface area contributed by atoms with E-state index in [1.165, 1.54) is 37.5 Å². The molecule has 0 spiro atoms. The van der Waals surface area contributed by atoms with Crippen LogP contribution in [0.1, 0.15) is 39.0 Å². The molecular formula is C16H20O2. The Hall–Kier alpha value is -1.93. The van der Waals surface area contributed by atoms with Crippen LogP contribution in [0.3, 0.4) is 0 Å². The largest absolute Gasteiger partial charge is 0.449 e. The molecule has 0 aliphatic heterocycles. The normalized spacial score (nSPS) is 8.94. The van der Waals surface area contributed by atoms with Gasteiger partial charge in [-0.3, -0.25) is 0 Å². The molecule has 2 nitrogen and oxygen atoms in total. The van der Waals surface area contributed by atoms with Gasteiger partial charge in [-0.15, -0.1) is 0 Å². The molecule has 0 unspecified atom stereocenters. The summed E-state index contributed by atoms with van der Waals surface area (Å²) in [7, 11) is 0. The number of rotatable bonds is 6. The fourth-order valence-corrected chi connectivity index (χ4v) is 1.15. The second-order valence-corrected chi connectivity index (χ2v) is 3.60. The van der Waals surface area contributed by atoms with E-state index in [1.807, 2.05) is 0 Å². The van der Waals surface area contributed by atoms with Crippen molar-refractivity contribution >= 4 is 5.97 Å². The van der Waals surface area contributed by atoms with Crippen molar-refractivity contribution in [3.8, 4) is 23.7 Å². The van der Waals surface area contributed by atoms with Gasteiger partial charge in [0.25, 0.3) is 0 Å². The predicted molar refractivity (Wildman–Crippen MR) is 74.6 cm³/mol. The maximum absolute atomic E-state index is 11.1. The van der Waals surface area contributed by atoms with E-state index >= 15 is 0 Å². The molecule has 0 saturated carbocycles. The Labute approximate surface area is 110 Å². The highest BCUT2D eigenvalue weighted by Gasteiger charge is 1.91. The first-order valence-electron chi connectivity index (χ1n) is 6.22. The summed E-state index contributed by atoms with van der Waals surface area (Å²) < 4.78 is 4.79. The molecule has 18 heavy (non-hydrogen) atoms. The van der Waals surface area contributed by atoms with Crippen LogP contribution >= 0.6 is 0 Å². The molecule has 0 aliphatic rings. The summed E-state index contributed by atoms with van der Waals surface area (Å²) in [6.07, 6.45) is 9.99. The maximum atomic E-state index is 11.1. The van der Waals surface area contributed by atoms with E-state index in [-0.39, 0.29) is 6.61 Å². The summed E-state index contributed by atoms with van der Waals surface area (Å²) >= 11 is 0. The SMILES string of the molecule is C=CC#CCOC(=O)/C=C\C#CCCCCCC. The minimum Gasteiger partial charge on any atom is -0.449 e. The monoisotopic (exact) mass is 244 g/mol. The van der Waals surface area contributed by atoms with Crippen LogP contribution in [0.2, 0.25) is 0 Å². The first kappa shape index (κ1) is 16.1. The molecule has 0 heterocycles. The van der Waals surface area contributed by atoms with Crippen molar-refractivity contribution in [2.75, 3.05) is 6.61 Å². The molecule has 0 amide bonds. The predicted octanol–water partition coefficient (Wildman–Crippen LogP) is 3.25. The highest BCUT2D eigenvalue weighted by atomic mass is 16.5. The molecule has 0 bridgehead atoms. The Morgan fingerprint density at radius 1 is 1.22 bits per heavy atom. The first-order chi connectivity index (χ1) is 8.81. The summed E-state index contributed by atoms with van der Waals surface area (Å²) in [4.78, 5) is 11.1. The summed E-state index contributed by atoms with van der Waals surface area (Å²) in [6.45, 7) is 5.69. The van der Waals surface area contributed by atoms with Gasteiger partial charge in [-0.25, -0.2) is 4.79 Å². The van der Waals surface area contributed by atoms with E-state index < -0.39 is 5.97 Å². The van der Waals surface area contributed by atoms with Crippen LogP contribution in [-0.2, 0) is 9.53 Å².